The summed E-state index contributed by atoms with van der Waals surface area (Å²) in [4.78, 5) is 0. The van der Waals surface area contributed by atoms with Crippen LogP contribution in [0.3, 0.4) is 0 Å². The SMILES string of the molecule is CC1CC(c2nnc3n2CCC3)CCN1. The van der Waals surface area contributed by atoms with Crippen LogP contribution in [0.5, 0.6) is 0 Å². The average molecular weight is 206 g/mol. The number of hydrogen-bond donors (Lipinski definition) is 1. The van der Waals surface area contributed by atoms with Crippen molar-refractivity contribution in [3.05, 3.63) is 11.6 Å². The van der Waals surface area contributed by atoms with Crippen molar-refractivity contribution < 1.29 is 0 Å². The second kappa shape index (κ2) is 3.59. The van der Waals surface area contributed by atoms with Crippen LogP contribution in [-0.2, 0) is 13.0 Å². The lowest BCUT2D eigenvalue weighted by Crippen LogP contribution is -2.35. The summed E-state index contributed by atoms with van der Waals surface area (Å²) < 4.78 is 2.35. The standard InChI is InChI=1S/C11H18N4/c1-8-7-9(4-5-12-8)11-14-13-10-3-2-6-15(10)11/h8-9,12H,2-7H2,1H3. The molecule has 1 aromatic heterocycles. The second-order valence-corrected chi connectivity index (χ2v) is 4.81. The van der Waals surface area contributed by atoms with Crippen LogP contribution < -0.4 is 5.32 Å². The minimum Gasteiger partial charge on any atom is -0.315 e. The minimum absolute atomic E-state index is 0.623. The fourth-order valence-electron chi connectivity index (χ4n) is 2.84. The number of piperidine rings is 1. The van der Waals surface area contributed by atoms with Gasteiger partial charge in [0.05, 0.1) is 0 Å². The van der Waals surface area contributed by atoms with Crippen molar-refractivity contribution >= 4 is 0 Å². The van der Waals surface area contributed by atoms with E-state index < -0.39 is 0 Å². The van der Waals surface area contributed by atoms with Crippen molar-refractivity contribution in [1.29, 1.82) is 0 Å². The minimum atomic E-state index is 0.623. The summed E-state index contributed by atoms with van der Waals surface area (Å²) in [6.45, 7) is 4.51. The van der Waals surface area contributed by atoms with Gasteiger partial charge in [0.2, 0.25) is 0 Å². The quantitative estimate of drug-likeness (QED) is 0.747. The third-order valence-electron chi connectivity index (χ3n) is 3.63. The maximum atomic E-state index is 4.38. The van der Waals surface area contributed by atoms with Crippen molar-refractivity contribution in [3.63, 3.8) is 0 Å². The van der Waals surface area contributed by atoms with Crippen LogP contribution in [0.2, 0.25) is 0 Å². The van der Waals surface area contributed by atoms with Gasteiger partial charge in [-0.15, -0.1) is 10.2 Å². The monoisotopic (exact) mass is 206 g/mol. The van der Waals surface area contributed by atoms with E-state index in [1.165, 1.54) is 30.9 Å². The highest BCUT2D eigenvalue weighted by molar-refractivity contribution is 5.07. The van der Waals surface area contributed by atoms with Crippen LogP contribution in [0.25, 0.3) is 0 Å². The Labute approximate surface area is 90.1 Å². The number of nitrogens with zero attached hydrogens (tertiary/aromatic N) is 3. The van der Waals surface area contributed by atoms with Gasteiger partial charge in [0.1, 0.15) is 11.6 Å². The first-order valence-corrected chi connectivity index (χ1v) is 6.00. The van der Waals surface area contributed by atoms with Gasteiger partial charge in [-0.1, -0.05) is 0 Å². The molecule has 2 atom stereocenters. The Bertz CT molecular complexity index is 357. The van der Waals surface area contributed by atoms with Gasteiger partial charge in [-0.25, -0.2) is 0 Å². The molecule has 0 saturated carbocycles. The fourth-order valence-corrected chi connectivity index (χ4v) is 2.84. The third-order valence-corrected chi connectivity index (χ3v) is 3.63. The number of aromatic nitrogens is 3. The van der Waals surface area contributed by atoms with Crippen molar-refractivity contribution in [2.45, 2.75) is 51.1 Å². The Morgan fingerprint density at radius 1 is 1.40 bits per heavy atom. The summed E-state index contributed by atoms with van der Waals surface area (Å²) in [5, 5.41) is 12.2. The summed E-state index contributed by atoms with van der Waals surface area (Å²) in [6.07, 6.45) is 4.78. The second-order valence-electron chi connectivity index (χ2n) is 4.81. The van der Waals surface area contributed by atoms with E-state index in [-0.39, 0.29) is 0 Å². The fraction of sp³-hybridized carbons (Fsp3) is 0.818. The maximum Gasteiger partial charge on any atom is 0.136 e. The first-order chi connectivity index (χ1) is 7.34. The van der Waals surface area contributed by atoms with Crippen molar-refractivity contribution in [1.82, 2.24) is 20.1 Å². The van der Waals surface area contributed by atoms with Gasteiger partial charge >= 0.3 is 0 Å². The van der Waals surface area contributed by atoms with E-state index >= 15 is 0 Å². The van der Waals surface area contributed by atoms with Gasteiger partial charge < -0.3 is 9.88 Å². The predicted octanol–water partition coefficient (Wildman–Crippen LogP) is 1.08. The Kier molecular flexibility index (Phi) is 2.24. The normalized spacial score (nSPS) is 30.5. The molecule has 3 rings (SSSR count). The molecule has 0 aliphatic carbocycles. The van der Waals surface area contributed by atoms with Crippen LogP contribution in [0, 0.1) is 0 Å². The Hall–Kier alpha value is -0.900. The molecule has 2 aliphatic rings. The lowest BCUT2D eigenvalue weighted by molar-refractivity contribution is 0.363. The molecule has 1 saturated heterocycles. The summed E-state index contributed by atoms with van der Waals surface area (Å²) in [5.41, 5.74) is 0. The van der Waals surface area contributed by atoms with Crippen LogP contribution >= 0.6 is 0 Å². The molecule has 2 unspecified atom stereocenters. The molecule has 0 radical (unpaired) electrons. The number of aryl methyl sites for hydroxylation is 1. The van der Waals surface area contributed by atoms with Gasteiger partial charge in [0.15, 0.2) is 0 Å². The summed E-state index contributed by atoms with van der Waals surface area (Å²) in [6, 6.07) is 0.623. The molecule has 0 aromatic carbocycles. The highest BCUT2D eigenvalue weighted by Crippen LogP contribution is 2.28. The molecule has 1 fully saturated rings. The molecule has 0 bridgehead atoms. The topological polar surface area (TPSA) is 42.7 Å². The van der Waals surface area contributed by atoms with Crippen LogP contribution in [0.4, 0.5) is 0 Å². The molecule has 2 aliphatic heterocycles. The molecular formula is C11H18N4. The molecule has 0 amide bonds. The predicted molar refractivity (Wildman–Crippen MR) is 57.8 cm³/mol. The average Bonchev–Trinajstić information content (AvgIpc) is 2.77. The van der Waals surface area contributed by atoms with Crippen LogP contribution in [-0.4, -0.2) is 27.4 Å². The zero-order chi connectivity index (χ0) is 10.3. The lowest BCUT2D eigenvalue weighted by atomic mass is 9.92. The van der Waals surface area contributed by atoms with E-state index in [0.717, 1.165) is 19.5 Å². The number of hydrogen-bond acceptors (Lipinski definition) is 3. The zero-order valence-corrected chi connectivity index (χ0v) is 9.24. The smallest absolute Gasteiger partial charge is 0.136 e. The van der Waals surface area contributed by atoms with Crippen LogP contribution in [0.1, 0.15) is 43.8 Å². The van der Waals surface area contributed by atoms with Gasteiger partial charge in [-0.2, -0.15) is 0 Å². The zero-order valence-electron chi connectivity index (χ0n) is 9.24. The number of fused-ring (bicyclic) bond motifs is 1. The molecule has 1 aromatic rings. The molecule has 4 nitrogen and oxygen atoms in total. The highest BCUT2D eigenvalue weighted by Gasteiger charge is 2.27. The molecule has 3 heterocycles. The summed E-state index contributed by atoms with van der Waals surface area (Å²) in [5.74, 6) is 3.08. The first kappa shape index (κ1) is 9.33. The van der Waals surface area contributed by atoms with E-state index in [9.17, 15) is 0 Å². The molecule has 82 valence electrons. The van der Waals surface area contributed by atoms with Gasteiger partial charge in [-0.3, -0.25) is 0 Å². The van der Waals surface area contributed by atoms with Crippen molar-refractivity contribution in [2.24, 2.45) is 0 Å². The third kappa shape index (κ3) is 1.57. The number of rotatable bonds is 1. The molecule has 0 spiro atoms. The Morgan fingerprint density at radius 2 is 2.33 bits per heavy atom. The van der Waals surface area contributed by atoms with E-state index in [1.807, 2.05) is 0 Å². The molecular weight excluding hydrogens is 188 g/mol. The van der Waals surface area contributed by atoms with E-state index in [0.29, 0.717) is 12.0 Å². The Morgan fingerprint density at radius 3 is 3.20 bits per heavy atom. The van der Waals surface area contributed by atoms with Gasteiger partial charge in [0, 0.05) is 24.9 Å². The molecule has 4 heteroatoms. The largest absolute Gasteiger partial charge is 0.315 e. The van der Waals surface area contributed by atoms with E-state index in [4.69, 9.17) is 0 Å². The first-order valence-electron chi connectivity index (χ1n) is 6.00. The Balaban J connectivity index is 1.85. The van der Waals surface area contributed by atoms with E-state index in [1.54, 1.807) is 0 Å². The van der Waals surface area contributed by atoms with E-state index in [2.05, 4.69) is 27.0 Å². The summed E-state index contributed by atoms with van der Waals surface area (Å²) in [7, 11) is 0. The molecule has 1 N–H and O–H groups in total. The van der Waals surface area contributed by atoms with Crippen LogP contribution in [0.15, 0.2) is 0 Å². The lowest BCUT2D eigenvalue weighted by Gasteiger charge is -2.27. The van der Waals surface area contributed by atoms with Crippen molar-refractivity contribution in [3.8, 4) is 0 Å². The maximum absolute atomic E-state index is 4.38. The van der Waals surface area contributed by atoms with Gasteiger partial charge in [-0.05, 0) is 32.7 Å². The number of nitrogens with one attached hydrogen (secondary N) is 1. The van der Waals surface area contributed by atoms with Crippen molar-refractivity contribution in [2.75, 3.05) is 6.54 Å². The summed E-state index contributed by atoms with van der Waals surface area (Å²) >= 11 is 0. The van der Waals surface area contributed by atoms with Gasteiger partial charge in [0.25, 0.3) is 0 Å². The molecule has 15 heavy (non-hydrogen) atoms. The highest BCUT2D eigenvalue weighted by atomic mass is 15.3.